The van der Waals surface area contributed by atoms with Gasteiger partial charge in [0.1, 0.15) is 5.75 Å². The van der Waals surface area contributed by atoms with E-state index in [0.717, 1.165) is 12.2 Å². The lowest BCUT2D eigenvalue weighted by atomic mass is 9.85. The Morgan fingerprint density at radius 1 is 1.04 bits per heavy atom. The van der Waals surface area contributed by atoms with Crippen molar-refractivity contribution in [2.45, 2.75) is 45.4 Å². The Kier molecular flexibility index (Phi) is 5.48. The third kappa shape index (κ3) is 4.35. The average molecular weight is 311 g/mol. The largest absolute Gasteiger partial charge is 0.497 e. The molecule has 0 spiro atoms. The Morgan fingerprint density at radius 2 is 1.70 bits per heavy atom. The molecule has 124 valence electrons. The maximum atomic E-state index is 6.06. The van der Waals surface area contributed by atoms with E-state index in [1.807, 2.05) is 6.07 Å². The smallest absolute Gasteiger partial charge is 0.119 e. The highest BCUT2D eigenvalue weighted by Crippen LogP contribution is 2.28. The van der Waals surface area contributed by atoms with E-state index in [0.29, 0.717) is 12.5 Å². The third-order valence-electron chi connectivity index (χ3n) is 4.50. The molecule has 0 bridgehead atoms. The molecule has 23 heavy (non-hydrogen) atoms. The summed E-state index contributed by atoms with van der Waals surface area (Å²) in [7, 11) is 1.70. The molecule has 0 amide bonds. The number of hydrogen-bond acceptors (Lipinski definition) is 2. The maximum absolute atomic E-state index is 6.06. The number of ether oxygens (including phenoxy) is 1. The summed E-state index contributed by atoms with van der Waals surface area (Å²) < 4.78 is 5.30. The van der Waals surface area contributed by atoms with Crippen LogP contribution in [0.5, 0.6) is 5.75 Å². The number of hydrogen-bond donors (Lipinski definition) is 1. The van der Waals surface area contributed by atoms with Crippen molar-refractivity contribution in [3.05, 3.63) is 64.7 Å². The quantitative estimate of drug-likeness (QED) is 0.877. The lowest BCUT2D eigenvalue weighted by Gasteiger charge is -2.21. The summed E-state index contributed by atoms with van der Waals surface area (Å²) in [6.45, 7) is 9.50. The van der Waals surface area contributed by atoms with Gasteiger partial charge in [-0.25, -0.2) is 0 Å². The second kappa shape index (κ2) is 7.18. The lowest BCUT2D eigenvalue weighted by molar-refractivity contribution is 0.414. The molecule has 1 atom stereocenters. The Bertz CT molecular complexity index is 638. The van der Waals surface area contributed by atoms with Gasteiger partial charge in [-0.05, 0) is 59.7 Å². The fraction of sp³-hybridized carbons (Fsp3) is 0.429. The first-order valence-electron chi connectivity index (χ1n) is 8.29. The van der Waals surface area contributed by atoms with Gasteiger partial charge in [-0.3, -0.25) is 0 Å². The fourth-order valence-corrected chi connectivity index (χ4v) is 2.98. The molecule has 0 aliphatic rings. The fourth-order valence-electron chi connectivity index (χ4n) is 2.98. The number of benzene rings is 2. The summed E-state index contributed by atoms with van der Waals surface area (Å²) in [5, 5.41) is 0. The molecule has 1 unspecified atom stereocenters. The molecule has 0 aromatic heterocycles. The van der Waals surface area contributed by atoms with Crippen LogP contribution in [0, 0.1) is 6.92 Å². The van der Waals surface area contributed by atoms with Gasteiger partial charge < -0.3 is 10.5 Å². The zero-order valence-corrected chi connectivity index (χ0v) is 15.0. The molecule has 0 saturated heterocycles. The van der Waals surface area contributed by atoms with E-state index in [1.54, 1.807) is 7.11 Å². The van der Waals surface area contributed by atoms with Gasteiger partial charge in [-0.2, -0.15) is 0 Å². The second-order valence-corrected chi connectivity index (χ2v) is 7.31. The summed E-state index contributed by atoms with van der Waals surface area (Å²) in [4.78, 5) is 0. The van der Waals surface area contributed by atoms with E-state index in [1.165, 1.54) is 22.3 Å². The van der Waals surface area contributed by atoms with Gasteiger partial charge in [0.25, 0.3) is 0 Å². The molecule has 2 N–H and O–H groups in total. The zero-order chi connectivity index (χ0) is 17.0. The highest BCUT2D eigenvalue weighted by atomic mass is 16.5. The van der Waals surface area contributed by atoms with Gasteiger partial charge in [0.05, 0.1) is 7.11 Å². The van der Waals surface area contributed by atoms with Gasteiger partial charge >= 0.3 is 0 Å². The zero-order valence-electron chi connectivity index (χ0n) is 15.0. The lowest BCUT2D eigenvalue weighted by Crippen LogP contribution is -2.16. The van der Waals surface area contributed by atoms with E-state index < -0.39 is 0 Å². The first kappa shape index (κ1) is 17.6. The predicted octanol–water partition coefficient (Wildman–Crippen LogP) is 4.59. The number of aryl methyl sites for hydroxylation is 1. The summed E-state index contributed by atoms with van der Waals surface area (Å²) in [5.74, 6) is 1.23. The SMILES string of the molecule is COc1ccc(C(CN)Cc2ccc(C(C)(C)C)cc2)c(C)c1. The van der Waals surface area contributed by atoms with Crippen LogP contribution in [0.2, 0.25) is 0 Å². The normalized spacial score (nSPS) is 13.0. The highest BCUT2D eigenvalue weighted by Gasteiger charge is 2.16. The topological polar surface area (TPSA) is 35.2 Å². The van der Waals surface area contributed by atoms with Crippen LogP contribution in [0.4, 0.5) is 0 Å². The van der Waals surface area contributed by atoms with Crippen molar-refractivity contribution in [2.24, 2.45) is 5.73 Å². The molecule has 2 nitrogen and oxygen atoms in total. The monoisotopic (exact) mass is 311 g/mol. The van der Waals surface area contributed by atoms with Crippen LogP contribution in [0.15, 0.2) is 42.5 Å². The van der Waals surface area contributed by atoms with Gasteiger partial charge in [0, 0.05) is 5.92 Å². The Hall–Kier alpha value is -1.80. The average Bonchev–Trinajstić information content (AvgIpc) is 2.52. The van der Waals surface area contributed by atoms with Gasteiger partial charge in [0.2, 0.25) is 0 Å². The Morgan fingerprint density at radius 3 is 2.17 bits per heavy atom. The van der Waals surface area contributed by atoms with Crippen LogP contribution in [-0.4, -0.2) is 13.7 Å². The van der Waals surface area contributed by atoms with Crippen molar-refractivity contribution >= 4 is 0 Å². The highest BCUT2D eigenvalue weighted by molar-refractivity contribution is 5.38. The van der Waals surface area contributed by atoms with E-state index in [9.17, 15) is 0 Å². The van der Waals surface area contributed by atoms with Crippen molar-refractivity contribution in [2.75, 3.05) is 13.7 Å². The molecule has 0 fully saturated rings. The van der Waals surface area contributed by atoms with Crippen molar-refractivity contribution in [1.82, 2.24) is 0 Å². The van der Waals surface area contributed by atoms with Gasteiger partial charge in [0.15, 0.2) is 0 Å². The van der Waals surface area contributed by atoms with Crippen LogP contribution < -0.4 is 10.5 Å². The van der Waals surface area contributed by atoms with Gasteiger partial charge in [-0.1, -0.05) is 51.1 Å². The summed E-state index contributed by atoms with van der Waals surface area (Å²) in [6.07, 6.45) is 0.966. The second-order valence-electron chi connectivity index (χ2n) is 7.31. The van der Waals surface area contributed by atoms with Crippen molar-refractivity contribution in [3.63, 3.8) is 0 Å². The van der Waals surface area contributed by atoms with Crippen molar-refractivity contribution in [1.29, 1.82) is 0 Å². The molecule has 2 aromatic carbocycles. The minimum Gasteiger partial charge on any atom is -0.497 e. The molecule has 0 aliphatic heterocycles. The molecule has 2 aromatic rings. The molecule has 0 heterocycles. The first-order valence-corrected chi connectivity index (χ1v) is 8.29. The molecular formula is C21H29NO. The van der Waals surface area contributed by atoms with Crippen LogP contribution in [-0.2, 0) is 11.8 Å². The maximum Gasteiger partial charge on any atom is 0.119 e. The van der Waals surface area contributed by atoms with E-state index in [2.05, 4.69) is 64.1 Å². The van der Waals surface area contributed by atoms with Gasteiger partial charge in [-0.15, -0.1) is 0 Å². The van der Waals surface area contributed by atoms with E-state index in [4.69, 9.17) is 10.5 Å². The molecule has 2 heteroatoms. The first-order chi connectivity index (χ1) is 10.8. The molecular weight excluding hydrogens is 282 g/mol. The standard InChI is InChI=1S/C21H29NO/c1-15-12-19(23-5)10-11-20(15)17(14-22)13-16-6-8-18(9-7-16)21(2,3)4/h6-12,17H,13-14,22H2,1-5H3. The summed E-state index contributed by atoms with van der Waals surface area (Å²) in [6, 6.07) is 15.2. The van der Waals surface area contributed by atoms with E-state index >= 15 is 0 Å². The van der Waals surface area contributed by atoms with Crippen LogP contribution >= 0.6 is 0 Å². The number of methoxy groups -OCH3 is 1. The molecule has 0 saturated carbocycles. The summed E-state index contributed by atoms with van der Waals surface area (Å²) >= 11 is 0. The van der Waals surface area contributed by atoms with E-state index in [-0.39, 0.29) is 5.41 Å². The molecule has 0 radical (unpaired) electrons. The van der Waals surface area contributed by atoms with Crippen LogP contribution in [0.3, 0.4) is 0 Å². The Labute approximate surface area is 140 Å². The summed E-state index contributed by atoms with van der Waals surface area (Å²) in [5.41, 5.74) is 11.5. The predicted molar refractivity (Wildman–Crippen MR) is 98.4 cm³/mol. The minimum absolute atomic E-state index is 0.193. The van der Waals surface area contributed by atoms with Crippen molar-refractivity contribution < 1.29 is 4.74 Å². The molecule has 0 aliphatic carbocycles. The Balaban J connectivity index is 2.19. The number of rotatable bonds is 5. The van der Waals surface area contributed by atoms with Crippen LogP contribution in [0.1, 0.15) is 48.9 Å². The minimum atomic E-state index is 0.193. The number of nitrogens with two attached hydrogens (primary N) is 1. The third-order valence-corrected chi connectivity index (χ3v) is 4.50. The van der Waals surface area contributed by atoms with Crippen molar-refractivity contribution in [3.8, 4) is 5.75 Å². The van der Waals surface area contributed by atoms with Crippen LogP contribution in [0.25, 0.3) is 0 Å². The molecule has 2 rings (SSSR count).